The second kappa shape index (κ2) is 7.19. The maximum absolute atomic E-state index is 12.6. The molecule has 0 aliphatic heterocycles. The van der Waals surface area contributed by atoms with Gasteiger partial charge in [0.25, 0.3) is 0 Å². The fourth-order valence-electron chi connectivity index (χ4n) is 3.10. The summed E-state index contributed by atoms with van der Waals surface area (Å²) in [5, 5.41) is 3.99. The minimum absolute atomic E-state index is 0.0335. The van der Waals surface area contributed by atoms with Crippen molar-refractivity contribution in [1.82, 2.24) is 9.55 Å². The highest BCUT2D eigenvalue weighted by atomic mass is 32.2. The zero-order valence-electron chi connectivity index (χ0n) is 13.2. The van der Waals surface area contributed by atoms with E-state index in [1.807, 2.05) is 42.1 Å². The van der Waals surface area contributed by atoms with E-state index in [1.54, 1.807) is 18.0 Å². The molecular weight excluding hydrogens is 308 g/mol. The molecule has 1 fully saturated rings. The minimum atomic E-state index is 0.0335. The third-order valence-corrected chi connectivity index (χ3v) is 5.57. The Kier molecular flexibility index (Phi) is 5.03. The monoisotopic (exact) mass is 330 g/mol. The van der Waals surface area contributed by atoms with Crippen LogP contribution in [0.4, 0.5) is 5.69 Å². The molecule has 0 unspecified atom stereocenters. The fraction of sp³-hybridized carbons (Fsp3) is 0.412. The number of nitrogens with one attached hydrogen (secondary N) is 1. The molecule has 3 rings (SSSR count). The quantitative estimate of drug-likeness (QED) is 0.884. The van der Waals surface area contributed by atoms with Gasteiger partial charge in [-0.1, -0.05) is 18.6 Å². The maximum atomic E-state index is 12.6. The van der Waals surface area contributed by atoms with E-state index in [1.165, 1.54) is 0 Å². The van der Waals surface area contributed by atoms with Gasteiger partial charge >= 0.3 is 0 Å². The van der Waals surface area contributed by atoms with Crippen LogP contribution >= 0.6 is 11.8 Å². The molecular formula is C17H22N4OS. The Balaban J connectivity index is 1.75. The molecule has 2 aromatic rings. The molecule has 122 valence electrons. The second-order valence-electron chi connectivity index (χ2n) is 5.94. The van der Waals surface area contributed by atoms with Gasteiger partial charge in [0.05, 0.1) is 5.69 Å². The van der Waals surface area contributed by atoms with Gasteiger partial charge in [0.2, 0.25) is 5.91 Å². The lowest BCUT2D eigenvalue weighted by atomic mass is 9.95. The lowest BCUT2D eigenvalue weighted by Crippen LogP contribution is -2.29. The number of hydrogen-bond acceptors (Lipinski definition) is 4. The highest BCUT2D eigenvalue weighted by Gasteiger charge is 2.32. The molecule has 0 bridgehead atoms. The molecule has 1 heterocycles. The normalized spacial score (nSPS) is 20.6. The lowest BCUT2D eigenvalue weighted by molar-refractivity contribution is -0.120. The molecule has 0 radical (unpaired) electrons. The number of carbonyl (C=O) groups excluding carboxylic acids is 1. The van der Waals surface area contributed by atoms with E-state index < -0.39 is 0 Å². The smallest absolute Gasteiger partial charge is 0.227 e. The fourth-order valence-corrected chi connectivity index (χ4v) is 3.99. The Morgan fingerprint density at radius 2 is 2.26 bits per heavy atom. The predicted octanol–water partition coefficient (Wildman–Crippen LogP) is 2.88. The summed E-state index contributed by atoms with van der Waals surface area (Å²) < 4.78 is 1.96. The number of amides is 1. The van der Waals surface area contributed by atoms with Crippen LogP contribution in [0.25, 0.3) is 0 Å². The van der Waals surface area contributed by atoms with Crippen molar-refractivity contribution in [2.75, 3.05) is 11.9 Å². The first-order valence-electron chi connectivity index (χ1n) is 7.94. The molecule has 1 amide bonds. The summed E-state index contributed by atoms with van der Waals surface area (Å²) in [4.78, 5) is 17.9. The van der Waals surface area contributed by atoms with E-state index in [0.29, 0.717) is 12.5 Å². The molecule has 1 aromatic heterocycles. The number of para-hydroxylation sites is 1. The van der Waals surface area contributed by atoms with Crippen LogP contribution in [0.15, 0.2) is 46.7 Å². The third kappa shape index (κ3) is 3.59. The van der Waals surface area contributed by atoms with Gasteiger partial charge < -0.3 is 15.6 Å². The summed E-state index contributed by atoms with van der Waals surface area (Å²) in [7, 11) is 1.96. The summed E-state index contributed by atoms with van der Waals surface area (Å²) in [5.41, 5.74) is 6.64. The van der Waals surface area contributed by atoms with Gasteiger partial charge in [-0.2, -0.15) is 0 Å². The number of aryl methyl sites for hydroxylation is 1. The van der Waals surface area contributed by atoms with Crippen molar-refractivity contribution in [3.05, 3.63) is 36.7 Å². The summed E-state index contributed by atoms with van der Waals surface area (Å²) in [6, 6.07) is 7.85. The summed E-state index contributed by atoms with van der Waals surface area (Å²) in [5.74, 6) is 0.432. The first-order valence-corrected chi connectivity index (χ1v) is 8.76. The molecule has 1 aliphatic carbocycles. The number of benzene rings is 1. The highest BCUT2D eigenvalue weighted by molar-refractivity contribution is 7.99. The van der Waals surface area contributed by atoms with Crippen LogP contribution in [0.5, 0.6) is 0 Å². The first kappa shape index (κ1) is 16.1. The molecule has 1 saturated carbocycles. The Labute approximate surface area is 140 Å². The Morgan fingerprint density at radius 3 is 3.00 bits per heavy atom. The van der Waals surface area contributed by atoms with Crippen LogP contribution in [-0.2, 0) is 11.8 Å². The van der Waals surface area contributed by atoms with Crippen molar-refractivity contribution in [2.24, 2.45) is 24.6 Å². The number of hydrogen-bond donors (Lipinski definition) is 2. The number of nitrogens with two attached hydrogens (primary N) is 1. The van der Waals surface area contributed by atoms with Crippen LogP contribution in [0.1, 0.15) is 19.3 Å². The van der Waals surface area contributed by atoms with Crippen molar-refractivity contribution in [3.8, 4) is 0 Å². The molecule has 5 nitrogen and oxygen atoms in total. The second-order valence-corrected chi connectivity index (χ2v) is 6.95. The SMILES string of the molecule is Cn1ccnc1Sc1ccccc1NC(=O)[C@@H]1CCC[C@@H]1CN. The van der Waals surface area contributed by atoms with Gasteiger partial charge in [-0.15, -0.1) is 0 Å². The van der Waals surface area contributed by atoms with Gasteiger partial charge in [0, 0.05) is 30.3 Å². The Hall–Kier alpha value is -1.79. The molecule has 2 atom stereocenters. The van der Waals surface area contributed by atoms with Crippen molar-refractivity contribution in [2.45, 2.75) is 29.3 Å². The van der Waals surface area contributed by atoms with Crippen molar-refractivity contribution < 1.29 is 4.79 Å². The van der Waals surface area contributed by atoms with Crippen molar-refractivity contribution >= 4 is 23.4 Å². The van der Waals surface area contributed by atoms with Crippen molar-refractivity contribution in [3.63, 3.8) is 0 Å². The van der Waals surface area contributed by atoms with Gasteiger partial charge in [-0.25, -0.2) is 4.98 Å². The van der Waals surface area contributed by atoms with Gasteiger partial charge in [-0.05, 0) is 49.2 Å². The largest absolute Gasteiger partial charge is 0.330 e. The number of aromatic nitrogens is 2. The number of rotatable bonds is 5. The van der Waals surface area contributed by atoms with E-state index in [0.717, 1.165) is 35.0 Å². The van der Waals surface area contributed by atoms with Gasteiger partial charge in [-0.3, -0.25) is 4.79 Å². The molecule has 1 aliphatic rings. The summed E-state index contributed by atoms with van der Waals surface area (Å²) >= 11 is 1.55. The average Bonchev–Trinajstić information content (AvgIpc) is 3.18. The van der Waals surface area contributed by atoms with Crippen LogP contribution in [0, 0.1) is 11.8 Å². The molecule has 23 heavy (non-hydrogen) atoms. The van der Waals surface area contributed by atoms with Crippen molar-refractivity contribution in [1.29, 1.82) is 0 Å². The topological polar surface area (TPSA) is 72.9 Å². The lowest BCUT2D eigenvalue weighted by Gasteiger charge is -2.18. The van der Waals surface area contributed by atoms with Crippen LogP contribution < -0.4 is 11.1 Å². The van der Waals surface area contributed by atoms with E-state index in [9.17, 15) is 4.79 Å². The average molecular weight is 330 g/mol. The van der Waals surface area contributed by atoms with E-state index in [4.69, 9.17) is 5.73 Å². The van der Waals surface area contributed by atoms with Crippen LogP contribution in [-0.4, -0.2) is 22.0 Å². The highest BCUT2D eigenvalue weighted by Crippen LogP contribution is 2.35. The molecule has 3 N–H and O–H groups in total. The van der Waals surface area contributed by atoms with E-state index in [-0.39, 0.29) is 11.8 Å². The standard InChI is InChI=1S/C17H22N4OS/c1-21-10-9-19-17(21)23-15-8-3-2-7-14(15)20-16(22)13-6-4-5-12(13)11-18/h2-3,7-10,12-13H,4-6,11,18H2,1H3,(H,20,22)/t12-,13-/m1/s1. The first-order chi connectivity index (χ1) is 11.2. The zero-order chi connectivity index (χ0) is 16.2. The summed E-state index contributed by atoms with van der Waals surface area (Å²) in [6.07, 6.45) is 6.76. The minimum Gasteiger partial charge on any atom is -0.330 e. The van der Waals surface area contributed by atoms with E-state index in [2.05, 4.69) is 10.3 Å². The Bertz CT molecular complexity index is 685. The molecule has 0 spiro atoms. The molecule has 0 saturated heterocycles. The number of imidazole rings is 1. The number of nitrogens with zero attached hydrogens (tertiary/aromatic N) is 2. The third-order valence-electron chi connectivity index (χ3n) is 4.42. The molecule has 1 aromatic carbocycles. The summed E-state index contributed by atoms with van der Waals surface area (Å²) in [6.45, 7) is 0.585. The van der Waals surface area contributed by atoms with Crippen LogP contribution in [0.3, 0.4) is 0 Å². The predicted molar refractivity (Wildman–Crippen MR) is 92.3 cm³/mol. The number of carbonyl (C=O) groups is 1. The number of anilines is 1. The molecule has 6 heteroatoms. The van der Waals surface area contributed by atoms with Gasteiger partial charge in [0.1, 0.15) is 0 Å². The van der Waals surface area contributed by atoms with Crippen LogP contribution in [0.2, 0.25) is 0 Å². The van der Waals surface area contributed by atoms with Gasteiger partial charge in [0.15, 0.2) is 5.16 Å². The van der Waals surface area contributed by atoms with E-state index >= 15 is 0 Å². The zero-order valence-corrected chi connectivity index (χ0v) is 14.1. The Morgan fingerprint density at radius 1 is 1.43 bits per heavy atom. The maximum Gasteiger partial charge on any atom is 0.227 e.